The predicted molar refractivity (Wildman–Crippen MR) is 84.7 cm³/mol. The average Bonchev–Trinajstić information content (AvgIpc) is 2.90. The van der Waals surface area contributed by atoms with Crippen molar-refractivity contribution in [3.63, 3.8) is 0 Å². The number of halogens is 1. The molecule has 7 heteroatoms. The predicted octanol–water partition coefficient (Wildman–Crippen LogP) is 1.06. The van der Waals surface area contributed by atoms with E-state index in [-0.39, 0.29) is 24.0 Å². The van der Waals surface area contributed by atoms with Gasteiger partial charge in [-0.25, -0.2) is 4.99 Å². The van der Waals surface area contributed by atoms with E-state index in [4.69, 9.17) is 0 Å². The highest BCUT2D eigenvalue weighted by Gasteiger charge is 2.22. The number of aromatic nitrogens is 3. The van der Waals surface area contributed by atoms with Crippen molar-refractivity contribution < 1.29 is 0 Å². The molecule has 0 saturated heterocycles. The van der Waals surface area contributed by atoms with E-state index in [9.17, 15) is 0 Å². The largest absolute Gasteiger partial charge is 0.357 e. The minimum Gasteiger partial charge on any atom is -0.357 e. The first-order valence-electron chi connectivity index (χ1n) is 6.82. The number of hydrogen-bond donors (Lipinski definition) is 2. The van der Waals surface area contributed by atoms with Crippen LogP contribution in [0.15, 0.2) is 4.99 Å². The van der Waals surface area contributed by atoms with Crippen LogP contribution in [0.3, 0.4) is 0 Å². The van der Waals surface area contributed by atoms with E-state index in [0.717, 1.165) is 37.1 Å². The fraction of sp³-hybridized carbons (Fsp3) is 0.750. The molecule has 0 spiro atoms. The van der Waals surface area contributed by atoms with Crippen LogP contribution in [-0.2, 0) is 19.5 Å². The zero-order valence-corrected chi connectivity index (χ0v) is 13.6. The molecule has 1 saturated carbocycles. The Morgan fingerprint density at radius 2 is 2.26 bits per heavy atom. The zero-order chi connectivity index (χ0) is 12.4. The van der Waals surface area contributed by atoms with E-state index in [1.165, 1.54) is 19.3 Å². The molecule has 0 atom stereocenters. The first-order valence-corrected chi connectivity index (χ1v) is 6.82. The molecule has 0 bridgehead atoms. The van der Waals surface area contributed by atoms with Crippen molar-refractivity contribution in [2.45, 2.75) is 51.7 Å². The molecule has 0 radical (unpaired) electrons. The van der Waals surface area contributed by atoms with Crippen LogP contribution >= 0.6 is 24.0 Å². The summed E-state index contributed by atoms with van der Waals surface area (Å²) in [5, 5.41) is 15.1. The molecule has 0 unspecified atom stereocenters. The van der Waals surface area contributed by atoms with Gasteiger partial charge in [-0.3, -0.25) is 0 Å². The van der Waals surface area contributed by atoms with Gasteiger partial charge < -0.3 is 15.2 Å². The monoisotopic (exact) mass is 376 g/mol. The van der Waals surface area contributed by atoms with Crippen molar-refractivity contribution >= 4 is 29.9 Å². The van der Waals surface area contributed by atoms with Gasteiger partial charge in [-0.15, -0.1) is 34.2 Å². The van der Waals surface area contributed by atoms with Gasteiger partial charge in [0.2, 0.25) is 0 Å². The van der Waals surface area contributed by atoms with Crippen LogP contribution < -0.4 is 10.6 Å². The van der Waals surface area contributed by atoms with E-state index in [2.05, 4.69) is 37.3 Å². The Labute approximate surface area is 130 Å². The highest BCUT2D eigenvalue weighted by molar-refractivity contribution is 14.0. The van der Waals surface area contributed by atoms with Crippen LogP contribution in [0.1, 0.15) is 37.8 Å². The van der Waals surface area contributed by atoms with Crippen LogP contribution in [0.5, 0.6) is 0 Å². The van der Waals surface area contributed by atoms with Gasteiger partial charge in [0.15, 0.2) is 11.8 Å². The third-order valence-corrected chi connectivity index (χ3v) is 3.33. The number of nitrogens with zero attached hydrogens (tertiary/aromatic N) is 4. The molecule has 3 rings (SSSR count). The lowest BCUT2D eigenvalue weighted by atomic mass is 10.4. The molecule has 2 aliphatic rings. The lowest BCUT2D eigenvalue weighted by molar-refractivity contribution is 0.684. The van der Waals surface area contributed by atoms with Gasteiger partial charge in [0.05, 0.1) is 0 Å². The van der Waals surface area contributed by atoms with Gasteiger partial charge in [0, 0.05) is 25.6 Å². The highest BCUT2D eigenvalue weighted by Crippen LogP contribution is 2.18. The summed E-state index contributed by atoms with van der Waals surface area (Å²) < 4.78 is 2.20. The summed E-state index contributed by atoms with van der Waals surface area (Å²) in [7, 11) is 0. The summed E-state index contributed by atoms with van der Waals surface area (Å²) >= 11 is 0. The second-order valence-electron chi connectivity index (χ2n) is 4.90. The van der Waals surface area contributed by atoms with Crippen molar-refractivity contribution in [1.82, 2.24) is 25.4 Å². The standard InChI is InChI=1S/C12H20N6.HI/c1-2-13-12(15-9-5-6-9)14-8-11-17-16-10-4-3-7-18(10)11;/h9H,2-8H2,1H3,(H2,13,14,15);1H. The van der Waals surface area contributed by atoms with Crippen molar-refractivity contribution in [3.05, 3.63) is 11.6 Å². The van der Waals surface area contributed by atoms with Gasteiger partial charge in [0.1, 0.15) is 12.4 Å². The fourth-order valence-electron chi connectivity index (χ4n) is 2.22. The quantitative estimate of drug-likeness (QED) is 0.469. The van der Waals surface area contributed by atoms with Crippen LogP contribution in [-0.4, -0.2) is 33.3 Å². The Kier molecular flexibility index (Phi) is 5.00. The molecular weight excluding hydrogens is 355 g/mol. The maximum Gasteiger partial charge on any atom is 0.191 e. The molecule has 1 aliphatic heterocycles. The molecule has 1 aliphatic carbocycles. The molecule has 0 aromatic carbocycles. The Morgan fingerprint density at radius 1 is 1.42 bits per heavy atom. The number of guanidine groups is 1. The smallest absolute Gasteiger partial charge is 0.191 e. The number of aryl methyl sites for hydroxylation is 1. The summed E-state index contributed by atoms with van der Waals surface area (Å²) in [5.74, 6) is 2.99. The molecule has 2 N–H and O–H groups in total. The van der Waals surface area contributed by atoms with E-state index in [0.29, 0.717) is 12.6 Å². The molecule has 106 valence electrons. The molecule has 2 heterocycles. The van der Waals surface area contributed by atoms with Gasteiger partial charge in [-0.1, -0.05) is 0 Å². The maximum absolute atomic E-state index is 4.58. The van der Waals surface area contributed by atoms with E-state index >= 15 is 0 Å². The zero-order valence-electron chi connectivity index (χ0n) is 11.2. The van der Waals surface area contributed by atoms with Crippen LogP contribution in [0.4, 0.5) is 0 Å². The first kappa shape index (κ1) is 14.5. The average molecular weight is 376 g/mol. The van der Waals surface area contributed by atoms with Crippen molar-refractivity contribution in [3.8, 4) is 0 Å². The van der Waals surface area contributed by atoms with Crippen molar-refractivity contribution in [2.75, 3.05) is 6.54 Å². The van der Waals surface area contributed by atoms with Crippen molar-refractivity contribution in [1.29, 1.82) is 0 Å². The van der Waals surface area contributed by atoms with Crippen molar-refractivity contribution in [2.24, 2.45) is 4.99 Å². The number of fused-ring (bicyclic) bond motifs is 1. The molecule has 19 heavy (non-hydrogen) atoms. The van der Waals surface area contributed by atoms with Crippen LogP contribution in [0, 0.1) is 0 Å². The third-order valence-electron chi connectivity index (χ3n) is 3.33. The molecule has 0 amide bonds. The first-order chi connectivity index (χ1) is 8.86. The van der Waals surface area contributed by atoms with Gasteiger partial charge in [-0.2, -0.15) is 0 Å². The summed E-state index contributed by atoms with van der Waals surface area (Å²) in [6.07, 6.45) is 4.74. The van der Waals surface area contributed by atoms with E-state index in [1.807, 2.05) is 0 Å². The Bertz CT molecular complexity index is 451. The van der Waals surface area contributed by atoms with E-state index in [1.54, 1.807) is 0 Å². The summed E-state index contributed by atoms with van der Waals surface area (Å²) in [4.78, 5) is 4.58. The third kappa shape index (κ3) is 3.58. The molecule has 1 fully saturated rings. The van der Waals surface area contributed by atoms with E-state index < -0.39 is 0 Å². The summed E-state index contributed by atoms with van der Waals surface area (Å²) in [5.41, 5.74) is 0. The number of nitrogens with one attached hydrogen (secondary N) is 2. The number of rotatable bonds is 4. The normalized spacial score (nSPS) is 17.8. The summed E-state index contributed by atoms with van der Waals surface area (Å²) in [6, 6.07) is 0.618. The fourth-order valence-corrected chi connectivity index (χ4v) is 2.22. The molecule has 1 aromatic rings. The van der Waals surface area contributed by atoms with Gasteiger partial charge in [-0.05, 0) is 26.2 Å². The number of hydrogen-bond acceptors (Lipinski definition) is 3. The SMILES string of the molecule is CCNC(=NCc1nnc2n1CCC2)NC1CC1.I. The molecule has 6 nitrogen and oxygen atoms in total. The molecular formula is C12H21IN6. The Balaban J connectivity index is 0.00000133. The Hall–Kier alpha value is -0.860. The topological polar surface area (TPSA) is 67.1 Å². The summed E-state index contributed by atoms with van der Waals surface area (Å²) in [6.45, 7) is 4.62. The Morgan fingerprint density at radius 3 is 3.00 bits per heavy atom. The van der Waals surface area contributed by atoms with Gasteiger partial charge in [0.25, 0.3) is 0 Å². The highest BCUT2D eigenvalue weighted by atomic mass is 127. The minimum absolute atomic E-state index is 0. The maximum atomic E-state index is 4.58. The second-order valence-corrected chi connectivity index (χ2v) is 4.90. The van der Waals surface area contributed by atoms with Gasteiger partial charge >= 0.3 is 0 Å². The minimum atomic E-state index is 0. The lowest BCUT2D eigenvalue weighted by Crippen LogP contribution is -2.38. The van der Waals surface area contributed by atoms with Crippen LogP contribution in [0.2, 0.25) is 0 Å². The van der Waals surface area contributed by atoms with Crippen LogP contribution in [0.25, 0.3) is 0 Å². The second kappa shape index (κ2) is 6.53. The number of aliphatic imine (C=N–C) groups is 1. The lowest BCUT2D eigenvalue weighted by Gasteiger charge is -2.09. The molecule has 1 aromatic heterocycles.